The van der Waals surface area contributed by atoms with E-state index in [2.05, 4.69) is 57.1 Å². The van der Waals surface area contributed by atoms with E-state index in [4.69, 9.17) is 9.47 Å². The van der Waals surface area contributed by atoms with Crippen molar-refractivity contribution in [2.75, 3.05) is 0 Å². The zero-order valence-electron chi connectivity index (χ0n) is 15.5. The molecule has 7 atom stereocenters. The molecule has 3 fully saturated rings. The molecule has 0 radical (unpaired) electrons. The van der Waals surface area contributed by atoms with Crippen LogP contribution in [0.4, 0.5) is 0 Å². The lowest BCUT2D eigenvalue weighted by atomic mass is 9.55. The van der Waals surface area contributed by atoms with Crippen LogP contribution in [-0.4, -0.2) is 27.2 Å². The van der Waals surface area contributed by atoms with E-state index in [1.54, 1.807) is 0 Å². The fourth-order valence-corrected chi connectivity index (χ4v) is 5.94. The fraction of sp³-hybridized carbons (Fsp3) is 0.900. The van der Waals surface area contributed by atoms with Crippen LogP contribution in [0.1, 0.15) is 73.1 Å². The summed E-state index contributed by atoms with van der Waals surface area (Å²) < 4.78 is 12.9. The van der Waals surface area contributed by atoms with Gasteiger partial charge in [-0.2, -0.15) is 0 Å². The third kappa shape index (κ3) is 2.75. The third-order valence-corrected chi connectivity index (χ3v) is 8.74. The van der Waals surface area contributed by atoms with Crippen LogP contribution in [0.3, 0.4) is 0 Å². The number of rotatable bonds is 4. The van der Waals surface area contributed by atoms with Gasteiger partial charge < -0.3 is 9.47 Å². The van der Waals surface area contributed by atoms with Crippen LogP contribution in [-0.2, 0) is 9.47 Å². The number of ether oxygens (including phenoxy) is 2. The van der Waals surface area contributed by atoms with Crippen molar-refractivity contribution in [3.8, 4) is 0 Å². The van der Waals surface area contributed by atoms with E-state index < -0.39 is 0 Å². The molecule has 3 rings (SSSR count). The Hall–Kier alpha value is 0.140. The molecule has 0 amide bonds. The highest BCUT2D eigenvalue weighted by molar-refractivity contribution is 9.09. The van der Waals surface area contributed by atoms with E-state index in [1.807, 2.05) is 6.08 Å². The topological polar surface area (TPSA) is 18.5 Å². The summed E-state index contributed by atoms with van der Waals surface area (Å²) in [5, 5.41) is 0. The smallest absolute Gasteiger partial charge is 0.0840 e. The molecule has 0 aromatic carbocycles. The normalized spacial score (nSPS) is 56.0. The SMILES string of the molecule is C=C[C@]1(C)CC[C@@H](Br)[C@](C)(CC[C@@H]2[C@]3(C)O[C@@]2(C)CC[C@@H]3C)O1. The second-order valence-corrected chi connectivity index (χ2v) is 10.2. The average Bonchev–Trinajstić information content (AvgIpc) is 2.47. The van der Waals surface area contributed by atoms with Crippen LogP contribution in [0.25, 0.3) is 0 Å². The molecule has 3 heterocycles. The first-order valence-corrected chi connectivity index (χ1v) is 10.2. The predicted molar refractivity (Wildman–Crippen MR) is 99.1 cm³/mol. The lowest BCUT2D eigenvalue weighted by molar-refractivity contribution is -0.359. The van der Waals surface area contributed by atoms with Gasteiger partial charge in [0.1, 0.15) is 0 Å². The quantitative estimate of drug-likeness (QED) is 0.461. The molecule has 3 aliphatic heterocycles. The van der Waals surface area contributed by atoms with E-state index in [9.17, 15) is 0 Å². The van der Waals surface area contributed by atoms with Gasteiger partial charge in [0, 0.05) is 10.7 Å². The monoisotopic (exact) mass is 384 g/mol. The van der Waals surface area contributed by atoms with Gasteiger partial charge in [-0.3, -0.25) is 0 Å². The molecule has 2 nitrogen and oxygen atoms in total. The summed E-state index contributed by atoms with van der Waals surface area (Å²) in [6, 6.07) is 0. The summed E-state index contributed by atoms with van der Waals surface area (Å²) in [4.78, 5) is 0.418. The molecule has 0 spiro atoms. The molecule has 0 N–H and O–H groups in total. The zero-order chi connectivity index (χ0) is 17.1. The van der Waals surface area contributed by atoms with Gasteiger partial charge in [0.05, 0.1) is 22.4 Å². The second kappa shape index (κ2) is 5.57. The van der Waals surface area contributed by atoms with Crippen molar-refractivity contribution in [1.82, 2.24) is 0 Å². The number of alkyl halides is 1. The van der Waals surface area contributed by atoms with Crippen LogP contribution in [0.5, 0.6) is 0 Å². The highest BCUT2D eigenvalue weighted by Gasteiger charge is 2.64. The zero-order valence-corrected chi connectivity index (χ0v) is 17.0. The molecule has 23 heavy (non-hydrogen) atoms. The van der Waals surface area contributed by atoms with Gasteiger partial charge in [0.15, 0.2) is 0 Å². The Morgan fingerprint density at radius 1 is 1.13 bits per heavy atom. The molecule has 2 bridgehead atoms. The van der Waals surface area contributed by atoms with Crippen molar-refractivity contribution >= 4 is 15.9 Å². The van der Waals surface area contributed by atoms with Crippen LogP contribution >= 0.6 is 15.9 Å². The number of fused-ring (bicyclic) bond motifs is 2. The summed E-state index contributed by atoms with van der Waals surface area (Å²) in [6.07, 6.45) is 8.94. The van der Waals surface area contributed by atoms with E-state index in [0.29, 0.717) is 16.7 Å². The first kappa shape index (κ1) is 17.9. The minimum Gasteiger partial charge on any atom is -0.368 e. The standard InChI is InChI=1S/C20H33BrO2/c1-7-17(3)11-10-16(21)19(5,22-17)13-9-15-18(4)12-8-14(2)20(15,6)23-18/h7,14-16H,1,8-13H2,2-6H3/t14-,15-,16+,17+,18-,19-,20+/m0/s1. The minimum absolute atomic E-state index is 0.0710. The number of hydrogen-bond acceptors (Lipinski definition) is 2. The molecular weight excluding hydrogens is 352 g/mol. The first-order valence-electron chi connectivity index (χ1n) is 9.25. The van der Waals surface area contributed by atoms with Crippen molar-refractivity contribution in [3.63, 3.8) is 0 Å². The second-order valence-electron chi connectivity index (χ2n) is 9.07. The highest BCUT2D eigenvalue weighted by atomic mass is 79.9. The Morgan fingerprint density at radius 2 is 1.83 bits per heavy atom. The maximum absolute atomic E-state index is 6.55. The number of hydrogen-bond donors (Lipinski definition) is 0. The Labute approximate surface area is 150 Å². The third-order valence-electron chi connectivity index (χ3n) is 7.32. The molecule has 3 heteroatoms. The maximum atomic E-state index is 6.55. The summed E-state index contributed by atoms with van der Waals surface area (Å²) in [5.74, 6) is 1.31. The van der Waals surface area contributed by atoms with Crippen LogP contribution in [0.15, 0.2) is 12.7 Å². The lowest BCUT2D eigenvalue weighted by Gasteiger charge is -2.67. The Kier molecular flexibility index (Phi) is 4.35. The molecule has 0 aromatic rings. The van der Waals surface area contributed by atoms with E-state index in [1.165, 1.54) is 19.3 Å². The van der Waals surface area contributed by atoms with Crippen molar-refractivity contribution in [2.24, 2.45) is 11.8 Å². The summed E-state index contributed by atoms with van der Waals surface area (Å²) in [5.41, 5.74) is -0.148. The van der Waals surface area contributed by atoms with Crippen molar-refractivity contribution < 1.29 is 9.47 Å². The Bertz CT molecular complexity index is 494. The van der Waals surface area contributed by atoms with E-state index in [-0.39, 0.29) is 22.4 Å². The molecule has 0 aliphatic carbocycles. The van der Waals surface area contributed by atoms with Gasteiger partial charge in [-0.05, 0) is 72.1 Å². The van der Waals surface area contributed by atoms with E-state index >= 15 is 0 Å². The molecule has 3 saturated heterocycles. The van der Waals surface area contributed by atoms with Gasteiger partial charge in [-0.15, -0.1) is 6.58 Å². The summed E-state index contributed by atoms with van der Waals surface area (Å²) in [6.45, 7) is 15.4. The first-order chi connectivity index (χ1) is 10.6. The maximum Gasteiger partial charge on any atom is 0.0840 e. The van der Waals surface area contributed by atoms with Crippen molar-refractivity contribution in [1.29, 1.82) is 0 Å². The molecule has 0 saturated carbocycles. The average molecular weight is 385 g/mol. The van der Waals surface area contributed by atoms with Crippen molar-refractivity contribution in [2.45, 2.75) is 100 Å². The molecule has 132 valence electrons. The highest BCUT2D eigenvalue weighted by Crippen LogP contribution is 2.61. The van der Waals surface area contributed by atoms with Gasteiger partial charge >= 0.3 is 0 Å². The van der Waals surface area contributed by atoms with Gasteiger partial charge in [-0.25, -0.2) is 0 Å². The molecule has 3 aliphatic rings. The predicted octanol–water partition coefficient (Wildman–Crippen LogP) is 5.64. The van der Waals surface area contributed by atoms with Crippen LogP contribution in [0, 0.1) is 11.8 Å². The van der Waals surface area contributed by atoms with Crippen LogP contribution in [0.2, 0.25) is 0 Å². The summed E-state index contributed by atoms with van der Waals surface area (Å²) >= 11 is 3.89. The lowest BCUT2D eigenvalue weighted by Crippen LogP contribution is -2.71. The summed E-state index contributed by atoms with van der Waals surface area (Å²) in [7, 11) is 0. The van der Waals surface area contributed by atoms with Gasteiger partial charge in [-0.1, -0.05) is 28.9 Å². The molecule has 0 unspecified atom stereocenters. The molecule has 0 aromatic heterocycles. The number of halogens is 1. The van der Waals surface area contributed by atoms with Crippen LogP contribution < -0.4 is 0 Å². The Morgan fingerprint density at radius 3 is 2.48 bits per heavy atom. The van der Waals surface area contributed by atoms with Gasteiger partial charge in [0.2, 0.25) is 0 Å². The fourth-order valence-electron chi connectivity index (χ4n) is 5.39. The minimum atomic E-state index is -0.188. The van der Waals surface area contributed by atoms with Crippen molar-refractivity contribution in [3.05, 3.63) is 12.7 Å². The van der Waals surface area contributed by atoms with E-state index in [0.717, 1.165) is 19.3 Å². The molecular formula is C20H33BrO2. The Balaban J connectivity index is 1.71. The largest absolute Gasteiger partial charge is 0.368 e. The van der Waals surface area contributed by atoms with Gasteiger partial charge in [0.25, 0.3) is 0 Å².